The van der Waals surface area contributed by atoms with Crippen LogP contribution in [0.25, 0.3) is 10.9 Å². The summed E-state index contributed by atoms with van der Waals surface area (Å²) in [7, 11) is 1.55. The third-order valence-electron chi connectivity index (χ3n) is 5.24. The summed E-state index contributed by atoms with van der Waals surface area (Å²) in [5, 5.41) is 3.63. The Kier molecular flexibility index (Phi) is 6.40. The number of fused-ring (bicyclic) bond motifs is 1. The molecule has 1 N–H and O–H groups in total. The highest BCUT2D eigenvalue weighted by Crippen LogP contribution is 2.23. The Bertz CT molecular complexity index is 1380. The molecule has 0 bridgehead atoms. The number of methoxy groups -OCH3 is 1. The van der Waals surface area contributed by atoms with Gasteiger partial charge in [0.05, 0.1) is 19.2 Å². The van der Waals surface area contributed by atoms with Crippen molar-refractivity contribution in [2.75, 3.05) is 19.0 Å². The predicted molar refractivity (Wildman–Crippen MR) is 126 cm³/mol. The van der Waals surface area contributed by atoms with Crippen LogP contribution in [0, 0.1) is 12.7 Å². The standard InChI is InChI=1S/C26H23FN2O4/c1-17-11-26(31)29(15-18-5-3-6-19(27)12-18)24-14-22(9-10-23(17)24)33-16-25(30)28-20-7-4-8-21(13-20)32-2/h3-14H,15-16H2,1-2H3,(H,28,30). The highest BCUT2D eigenvalue weighted by molar-refractivity contribution is 5.92. The highest BCUT2D eigenvalue weighted by Gasteiger charge is 2.11. The number of rotatable bonds is 7. The topological polar surface area (TPSA) is 69.6 Å². The molecule has 6 nitrogen and oxygen atoms in total. The molecule has 33 heavy (non-hydrogen) atoms. The van der Waals surface area contributed by atoms with Crippen molar-refractivity contribution in [2.24, 2.45) is 0 Å². The van der Waals surface area contributed by atoms with Gasteiger partial charge in [-0.2, -0.15) is 0 Å². The number of hydrogen-bond acceptors (Lipinski definition) is 4. The van der Waals surface area contributed by atoms with Gasteiger partial charge in [-0.05, 0) is 54.4 Å². The quantitative estimate of drug-likeness (QED) is 0.453. The lowest BCUT2D eigenvalue weighted by molar-refractivity contribution is -0.118. The zero-order valence-electron chi connectivity index (χ0n) is 18.3. The molecule has 1 aromatic heterocycles. The van der Waals surface area contributed by atoms with Gasteiger partial charge >= 0.3 is 0 Å². The zero-order chi connectivity index (χ0) is 23.4. The van der Waals surface area contributed by atoms with Gasteiger partial charge in [0.2, 0.25) is 0 Å². The van der Waals surface area contributed by atoms with Gasteiger partial charge in [0.25, 0.3) is 11.5 Å². The van der Waals surface area contributed by atoms with Crippen molar-refractivity contribution in [3.63, 3.8) is 0 Å². The van der Waals surface area contributed by atoms with Gasteiger partial charge in [0, 0.05) is 29.3 Å². The Morgan fingerprint density at radius 3 is 2.61 bits per heavy atom. The summed E-state index contributed by atoms with van der Waals surface area (Å²) >= 11 is 0. The number of pyridine rings is 1. The molecule has 0 unspecified atom stereocenters. The summed E-state index contributed by atoms with van der Waals surface area (Å²) in [5.41, 5.74) is 2.55. The van der Waals surface area contributed by atoms with Gasteiger partial charge in [-0.1, -0.05) is 18.2 Å². The molecule has 0 fully saturated rings. The Morgan fingerprint density at radius 2 is 1.82 bits per heavy atom. The Hall–Kier alpha value is -4.13. The van der Waals surface area contributed by atoms with Crippen molar-refractivity contribution < 1.29 is 18.7 Å². The highest BCUT2D eigenvalue weighted by atomic mass is 19.1. The number of amides is 1. The summed E-state index contributed by atoms with van der Waals surface area (Å²) in [5.74, 6) is 0.393. The fraction of sp³-hybridized carbons (Fsp3) is 0.154. The number of hydrogen-bond donors (Lipinski definition) is 1. The molecule has 0 saturated carbocycles. The Morgan fingerprint density at radius 1 is 1.00 bits per heavy atom. The van der Waals surface area contributed by atoms with E-state index < -0.39 is 0 Å². The lowest BCUT2D eigenvalue weighted by atomic mass is 10.1. The Labute approximate surface area is 190 Å². The molecule has 0 aliphatic heterocycles. The molecule has 1 heterocycles. The van der Waals surface area contributed by atoms with Crippen LogP contribution in [0.3, 0.4) is 0 Å². The zero-order valence-corrected chi connectivity index (χ0v) is 18.3. The molecule has 0 atom stereocenters. The lowest BCUT2D eigenvalue weighted by Gasteiger charge is -2.14. The number of anilines is 1. The van der Waals surface area contributed by atoms with E-state index in [2.05, 4.69) is 5.32 Å². The second-order valence-electron chi connectivity index (χ2n) is 7.63. The smallest absolute Gasteiger partial charge is 0.262 e. The van der Waals surface area contributed by atoms with Crippen LogP contribution in [0.1, 0.15) is 11.1 Å². The molecule has 0 aliphatic carbocycles. The van der Waals surface area contributed by atoms with Crippen molar-refractivity contribution in [3.8, 4) is 11.5 Å². The molecule has 0 saturated heterocycles. The fourth-order valence-corrected chi connectivity index (χ4v) is 3.65. The second-order valence-corrected chi connectivity index (χ2v) is 7.63. The molecule has 4 aromatic rings. The number of halogens is 1. The first-order valence-electron chi connectivity index (χ1n) is 10.4. The van der Waals surface area contributed by atoms with E-state index in [0.717, 1.165) is 10.9 Å². The maximum Gasteiger partial charge on any atom is 0.262 e. The van der Waals surface area contributed by atoms with Gasteiger partial charge in [0.15, 0.2) is 6.61 Å². The second kappa shape index (κ2) is 9.56. The SMILES string of the molecule is COc1cccc(NC(=O)COc2ccc3c(C)cc(=O)n(Cc4cccc(F)c4)c3c2)c1. The number of carbonyl (C=O) groups excluding carboxylic acids is 1. The van der Waals surface area contributed by atoms with Gasteiger partial charge < -0.3 is 19.4 Å². The van der Waals surface area contributed by atoms with Crippen molar-refractivity contribution in [3.05, 3.63) is 100 Å². The molecule has 3 aromatic carbocycles. The first-order valence-corrected chi connectivity index (χ1v) is 10.4. The molecular formula is C26H23FN2O4. The summed E-state index contributed by atoms with van der Waals surface area (Å²) < 4.78 is 26.0. The van der Waals surface area contributed by atoms with Crippen LogP contribution in [-0.2, 0) is 11.3 Å². The van der Waals surface area contributed by atoms with E-state index in [1.807, 2.05) is 13.0 Å². The minimum absolute atomic E-state index is 0.197. The van der Waals surface area contributed by atoms with E-state index in [9.17, 15) is 14.0 Å². The average Bonchev–Trinajstić information content (AvgIpc) is 2.80. The van der Waals surface area contributed by atoms with Crippen LogP contribution in [-0.4, -0.2) is 24.2 Å². The van der Waals surface area contributed by atoms with Crippen molar-refractivity contribution in [1.29, 1.82) is 0 Å². The summed E-state index contributed by atoms with van der Waals surface area (Å²) in [6.07, 6.45) is 0. The maximum absolute atomic E-state index is 13.6. The number of ether oxygens (including phenoxy) is 2. The number of nitrogens with zero attached hydrogens (tertiary/aromatic N) is 1. The van der Waals surface area contributed by atoms with E-state index in [1.54, 1.807) is 66.3 Å². The monoisotopic (exact) mass is 446 g/mol. The largest absolute Gasteiger partial charge is 0.497 e. The van der Waals surface area contributed by atoms with Crippen molar-refractivity contribution >= 4 is 22.5 Å². The normalized spacial score (nSPS) is 10.8. The van der Waals surface area contributed by atoms with E-state index >= 15 is 0 Å². The molecule has 1 amide bonds. The van der Waals surface area contributed by atoms with Crippen LogP contribution in [0.4, 0.5) is 10.1 Å². The molecule has 7 heteroatoms. The minimum Gasteiger partial charge on any atom is -0.497 e. The number of benzene rings is 3. The molecular weight excluding hydrogens is 423 g/mol. The van der Waals surface area contributed by atoms with E-state index in [4.69, 9.17) is 9.47 Å². The summed E-state index contributed by atoms with van der Waals surface area (Å²) in [6, 6.07) is 20.1. The molecule has 0 aliphatic rings. The molecule has 0 spiro atoms. The van der Waals surface area contributed by atoms with Crippen molar-refractivity contribution in [2.45, 2.75) is 13.5 Å². The molecule has 4 rings (SSSR count). The first kappa shape index (κ1) is 22.1. The van der Waals surface area contributed by atoms with Gasteiger partial charge in [-0.15, -0.1) is 0 Å². The van der Waals surface area contributed by atoms with Gasteiger partial charge in [-0.25, -0.2) is 4.39 Å². The third kappa shape index (κ3) is 5.20. The van der Waals surface area contributed by atoms with Crippen LogP contribution in [0.2, 0.25) is 0 Å². The Balaban J connectivity index is 1.56. The molecule has 168 valence electrons. The molecule has 0 radical (unpaired) electrons. The summed E-state index contributed by atoms with van der Waals surface area (Å²) in [6.45, 7) is 1.87. The number of nitrogens with one attached hydrogen (secondary N) is 1. The van der Waals surface area contributed by atoms with Gasteiger partial charge in [0.1, 0.15) is 17.3 Å². The predicted octanol–water partition coefficient (Wildman–Crippen LogP) is 4.52. The number of aryl methyl sites for hydroxylation is 1. The van der Waals surface area contributed by atoms with Crippen LogP contribution in [0.5, 0.6) is 11.5 Å². The van der Waals surface area contributed by atoms with E-state index in [0.29, 0.717) is 28.3 Å². The number of carbonyl (C=O) groups is 1. The lowest BCUT2D eigenvalue weighted by Crippen LogP contribution is -2.22. The van der Waals surface area contributed by atoms with Crippen LogP contribution < -0.4 is 20.3 Å². The van der Waals surface area contributed by atoms with Crippen molar-refractivity contribution in [1.82, 2.24) is 4.57 Å². The first-order chi connectivity index (χ1) is 15.9. The maximum atomic E-state index is 13.6. The van der Waals surface area contributed by atoms with Crippen LogP contribution in [0.15, 0.2) is 77.6 Å². The third-order valence-corrected chi connectivity index (χ3v) is 5.24. The van der Waals surface area contributed by atoms with E-state index in [-0.39, 0.29) is 30.4 Å². The average molecular weight is 446 g/mol. The van der Waals surface area contributed by atoms with Crippen LogP contribution >= 0.6 is 0 Å². The fourth-order valence-electron chi connectivity index (χ4n) is 3.65. The van der Waals surface area contributed by atoms with E-state index in [1.165, 1.54) is 12.1 Å². The van der Waals surface area contributed by atoms with Gasteiger partial charge in [-0.3, -0.25) is 9.59 Å². The number of aromatic nitrogens is 1. The summed E-state index contributed by atoms with van der Waals surface area (Å²) in [4.78, 5) is 25.1. The minimum atomic E-state index is -0.358.